The molecule has 0 N–H and O–H groups in total. The maximum Gasteiger partial charge on any atom is 0.0833 e. The first-order chi connectivity index (χ1) is 12.3. The van der Waals surface area contributed by atoms with E-state index in [4.69, 9.17) is 18.9 Å². The predicted molar refractivity (Wildman–Crippen MR) is 103 cm³/mol. The van der Waals surface area contributed by atoms with E-state index in [9.17, 15) is 0 Å². The van der Waals surface area contributed by atoms with E-state index in [2.05, 4.69) is 34.6 Å². The van der Waals surface area contributed by atoms with Crippen LogP contribution in [0.4, 0.5) is 0 Å². The van der Waals surface area contributed by atoms with Crippen molar-refractivity contribution in [3.8, 4) is 0 Å². The van der Waals surface area contributed by atoms with Crippen LogP contribution in [-0.4, -0.2) is 51.3 Å². The lowest BCUT2D eigenvalue weighted by atomic mass is 9.70. The van der Waals surface area contributed by atoms with Gasteiger partial charge in [-0.25, -0.2) is 0 Å². The third kappa shape index (κ3) is 5.01. The lowest BCUT2D eigenvalue weighted by Gasteiger charge is -2.34. The Labute approximate surface area is 160 Å². The molecule has 0 aromatic carbocycles. The molecular formula is C22H40O4. The monoisotopic (exact) mass is 368 g/mol. The minimum Gasteiger partial charge on any atom is -0.381 e. The van der Waals surface area contributed by atoms with Gasteiger partial charge in [0.15, 0.2) is 0 Å². The van der Waals surface area contributed by atoms with E-state index < -0.39 is 0 Å². The maximum absolute atomic E-state index is 6.27. The van der Waals surface area contributed by atoms with E-state index in [1.165, 1.54) is 19.3 Å². The molecule has 4 nitrogen and oxygen atoms in total. The minimum absolute atomic E-state index is 0.134. The molecule has 3 aliphatic rings. The highest BCUT2D eigenvalue weighted by Gasteiger charge is 2.43. The van der Waals surface area contributed by atoms with E-state index >= 15 is 0 Å². The van der Waals surface area contributed by atoms with E-state index in [1.807, 2.05) is 0 Å². The molecule has 3 rings (SSSR count). The topological polar surface area (TPSA) is 36.9 Å². The number of hydrogen-bond acceptors (Lipinski definition) is 4. The highest BCUT2D eigenvalue weighted by molar-refractivity contribution is 4.92. The lowest BCUT2D eigenvalue weighted by Crippen LogP contribution is -2.33. The summed E-state index contributed by atoms with van der Waals surface area (Å²) in [4.78, 5) is 0. The molecule has 4 heteroatoms. The summed E-state index contributed by atoms with van der Waals surface area (Å²) in [5, 5.41) is 0. The molecule has 26 heavy (non-hydrogen) atoms. The van der Waals surface area contributed by atoms with Gasteiger partial charge < -0.3 is 18.9 Å². The second kappa shape index (κ2) is 8.46. The highest BCUT2D eigenvalue weighted by atomic mass is 16.6. The first-order valence-corrected chi connectivity index (χ1v) is 10.7. The summed E-state index contributed by atoms with van der Waals surface area (Å²) in [5.41, 5.74) is 0.468. The molecule has 0 aromatic heterocycles. The van der Waals surface area contributed by atoms with Gasteiger partial charge in [0, 0.05) is 26.2 Å². The van der Waals surface area contributed by atoms with Crippen molar-refractivity contribution in [3.63, 3.8) is 0 Å². The largest absolute Gasteiger partial charge is 0.381 e. The SMILES string of the molecule is CCOC1COC(C(C)(C)CC2CC(C(C)(C)CC3CCOC3)CO2)C1. The van der Waals surface area contributed by atoms with E-state index in [0.717, 1.165) is 51.8 Å². The van der Waals surface area contributed by atoms with Gasteiger partial charge in [-0.15, -0.1) is 0 Å². The van der Waals surface area contributed by atoms with Crippen LogP contribution < -0.4 is 0 Å². The molecule has 0 bridgehead atoms. The van der Waals surface area contributed by atoms with Crippen LogP contribution in [0.25, 0.3) is 0 Å². The number of ether oxygens (including phenoxy) is 4. The Kier molecular flexibility index (Phi) is 6.70. The molecule has 0 aromatic rings. The molecule has 5 unspecified atom stereocenters. The Morgan fingerprint density at radius 2 is 1.73 bits per heavy atom. The number of hydrogen-bond donors (Lipinski definition) is 0. The molecule has 0 saturated carbocycles. The third-order valence-corrected chi connectivity index (χ3v) is 7.01. The molecule has 3 aliphatic heterocycles. The number of rotatable bonds is 8. The van der Waals surface area contributed by atoms with Crippen LogP contribution in [-0.2, 0) is 18.9 Å². The fraction of sp³-hybridized carbons (Fsp3) is 1.00. The van der Waals surface area contributed by atoms with Crippen molar-refractivity contribution in [1.29, 1.82) is 0 Å². The van der Waals surface area contributed by atoms with Crippen molar-refractivity contribution in [2.45, 2.75) is 85.0 Å². The minimum atomic E-state index is 0.134. The zero-order valence-electron chi connectivity index (χ0n) is 17.6. The van der Waals surface area contributed by atoms with Gasteiger partial charge in [-0.05, 0) is 55.3 Å². The zero-order chi connectivity index (χ0) is 18.8. The molecule has 5 atom stereocenters. The van der Waals surface area contributed by atoms with Crippen molar-refractivity contribution in [3.05, 3.63) is 0 Å². The van der Waals surface area contributed by atoms with E-state index in [0.29, 0.717) is 17.4 Å². The summed E-state index contributed by atoms with van der Waals surface area (Å²) in [6, 6.07) is 0. The van der Waals surface area contributed by atoms with Crippen LogP contribution in [0.15, 0.2) is 0 Å². The summed E-state index contributed by atoms with van der Waals surface area (Å²) in [5.74, 6) is 1.40. The Morgan fingerprint density at radius 3 is 2.42 bits per heavy atom. The van der Waals surface area contributed by atoms with Crippen molar-refractivity contribution in [2.75, 3.05) is 33.0 Å². The van der Waals surface area contributed by atoms with Gasteiger partial charge in [-0.1, -0.05) is 27.7 Å². The third-order valence-electron chi connectivity index (χ3n) is 7.01. The van der Waals surface area contributed by atoms with Gasteiger partial charge in [-0.2, -0.15) is 0 Å². The molecule has 152 valence electrons. The van der Waals surface area contributed by atoms with Crippen LogP contribution in [0.2, 0.25) is 0 Å². The first kappa shape index (κ1) is 20.6. The molecule has 3 heterocycles. The Morgan fingerprint density at radius 1 is 0.923 bits per heavy atom. The Bertz CT molecular complexity index is 441. The van der Waals surface area contributed by atoms with Crippen LogP contribution in [0, 0.1) is 22.7 Å². The highest BCUT2D eigenvalue weighted by Crippen LogP contribution is 2.45. The smallest absolute Gasteiger partial charge is 0.0833 e. The van der Waals surface area contributed by atoms with Gasteiger partial charge in [0.05, 0.1) is 31.5 Å². The van der Waals surface area contributed by atoms with Gasteiger partial charge in [0.25, 0.3) is 0 Å². The van der Waals surface area contributed by atoms with Crippen LogP contribution in [0.3, 0.4) is 0 Å². The van der Waals surface area contributed by atoms with Crippen LogP contribution in [0.5, 0.6) is 0 Å². The summed E-state index contributed by atoms with van der Waals surface area (Å²) < 4.78 is 23.7. The first-order valence-electron chi connectivity index (χ1n) is 10.7. The van der Waals surface area contributed by atoms with Gasteiger partial charge in [0.2, 0.25) is 0 Å². The average molecular weight is 369 g/mol. The molecule has 3 fully saturated rings. The summed E-state index contributed by atoms with van der Waals surface area (Å²) in [6.45, 7) is 15.9. The fourth-order valence-electron chi connectivity index (χ4n) is 5.26. The van der Waals surface area contributed by atoms with Crippen molar-refractivity contribution >= 4 is 0 Å². The molecule has 0 amide bonds. The summed E-state index contributed by atoms with van der Waals surface area (Å²) in [7, 11) is 0. The molecule has 0 radical (unpaired) electrons. The van der Waals surface area contributed by atoms with Gasteiger partial charge in [-0.3, -0.25) is 0 Å². The van der Waals surface area contributed by atoms with Crippen LogP contribution in [0.1, 0.15) is 66.7 Å². The van der Waals surface area contributed by atoms with Crippen molar-refractivity contribution < 1.29 is 18.9 Å². The Balaban J connectivity index is 1.48. The fourth-order valence-corrected chi connectivity index (χ4v) is 5.26. The second-order valence-corrected chi connectivity index (χ2v) is 10.1. The quantitative estimate of drug-likeness (QED) is 0.634. The Hall–Kier alpha value is -0.160. The van der Waals surface area contributed by atoms with Gasteiger partial charge in [0.1, 0.15) is 0 Å². The van der Waals surface area contributed by atoms with Crippen molar-refractivity contribution in [2.24, 2.45) is 22.7 Å². The van der Waals surface area contributed by atoms with E-state index in [1.54, 1.807) is 0 Å². The molecule has 0 spiro atoms. The second-order valence-electron chi connectivity index (χ2n) is 10.1. The predicted octanol–water partition coefficient (Wildman–Crippen LogP) is 4.45. The van der Waals surface area contributed by atoms with Crippen LogP contribution >= 0.6 is 0 Å². The van der Waals surface area contributed by atoms with E-state index in [-0.39, 0.29) is 17.6 Å². The summed E-state index contributed by atoms with van der Waals surface area (Å²) in [6.07, 6.45) is 6.70. The molecule has 0 aliphatic carbocycles. The summed E-state index contributed by atoms with van der Waals surface area (Å²) >= 11 is 0. The van der Waals surface area contributed by atoms with Crippen molar-refractivity contribution in [1.82, 2.24) is 0 Å². The maximum atomic E-state index is 6.27. The lowest BCUT2D eigenvalue weighted by molar-refractivity contribution is -0.0200. The molecular weight excluding hydrogens is 328 g/mol. The average Bonchev–Trinajstić information content (AvgIpc) is 3.28. The standard InChI is InChI=1S/C22H40O4/c1-6-24-19-10-20(26-15-19)22(4,5)12-18-9-17(14-25-18)21(2,3)11-16-7-8-23-13-16/h16-20H,6-15H2,1-5H3. The molecule has 3 saturated heterocycles. The van der Waals surface area contributed by atoms with Gasteiger partial charge >= 0.3 is 0 Å². The zero-order valence-corrected chi connectivity index (χ0v) is 17.6. The normalized spacial score (nSPS) is 36.1.